The molecule has 0 bridgehead atoms. The van der Waals surface area contributed by atoms with E-state index in [4.69, 9.17) is 0 Å². The first-order chi connectivity index (χ1) is 12.3. The third-order valence-corrected chi connectivity index (χ3v) is 5.16. The summed E-state index contributed by atoms with van der Waals surface area (Å²) in [6.07, 6.45) is 6.89. The lowest BCUT2D eigenvalue weighted by Crippen LogP contribution is -2.30. The third kappa shape index (κ3) is 3.65. The molecule has 0 aliphatic carbocycles. The Balaban J connectivity index is 1.43. The van der Waals surface area contributed by atoms with E-state index < -0.39 is 0 Å². The highest BCUT2D eigenvalue weighted by Gasteiger charge is 2.31. The van der Waals surface area contributed by atoms with Gasteiger partial charge in [-0.2, -0.15) is 0 Å². The number of anilines is 2. The molecule has 3 heterocycles. The fourth-order valence-electron chi connectivity index (χ4n) is 3.86. The summed E-state index contributed by atoms with van der Waals surface area (Å²) in [6, 6.07) is 12.0. The standard InChI is InChI=1S/C20H24N4O/c25-20-12-16(14-24(20)18-7-3-1-4-8-18)11-17-13-19(22-15-21-17)23-9-5-2-6-10-23/h1,3-4,7-8,13,15-16H,2,5-6,9-12,14H2/t16-/m1/s1. The van der Waals surface area contributed by atoms with Gasteiger partial charge in [0.25, 0.3) is 0 Å². The van der Waals surface area contributed by atoms with Crippen molar-refractivity contribution in [3.63, 3.8) is 0 Å². The number of carbonyl (C=O) groups excluding carboxylic acids is 1. The largest absolute Gasteiger partial charge is 0.357 e. The van der Waals surface area contributed by atoms with Crippen LogP contribution in [0.3, 0.4) is 0 Å². The first-order valence-corrected chi connectivity index (χ1v) is 9.21. The number of aromatic nitrogens is 2. The SMILES string of the molecule is O=C1C[C@@H](Cc2cc(N3CCCCC3)ncn2)CN1c1ccccc1. The predicted molar refractivity (Wildman–Crippen MR) is 98.7 cm³/mol. The van der Waals surface area contributed by atoms with Crippen LogP contribution in [0.2, 0.25) is 0 Å². The smallest absolute Gasteiger partial charge is 0.227 e. The molecule has 2 saturated heterocycles. The second-order valence-electron chi connectivity index (χ2n) is 7.03. The Kier molecular flexibility index (Phi) is 4.63. The van der Waals surface area contributed by atoms with Crippen LogP contribution in [0, 0.1) is 5.92 Å². The van der Waals surface area contributed by atoms with Crippen molar-refractivity contribution in [2.24, 2.45) is 5.92 Å². The molecule has 2 aliphatic rings. The minimum absolute atomic E-state index is 0.210. The molecule has 1 atom stereocenters. The van der Waals surface area contributed by atoms with Crippen molar-refractivity contribution in [1.29, 1.82) is 0 Å². The summed E-state index contributed by atoms with van der Waals surface area (Å²) in [7, 11) is 0. The van der Waals surface area contributed by atoms with Crippen LogP contribution in [0.15, 0.2) is 42.7 Å². The summed E-state index contributed by atoms with van der Waals surface area (Å²) in [5.74, 6) is 1.56. The Labute approximate surface area is 148 Å². The maximum atomic E-state index is 12.4. The number of rotatable bonds is 4. The summed E-state index contributed by atoms with van der Waals surface area (Å²) in [4.78, 5) is 25.5. The van der Waals surface area contributed by atoms with Crippen LogP contribution in [-0.2, 0) is 11.2 Å². The molecule has 0 unspecified atom stereocenters. The highest BCUT2D eigenvalue weighted by molar-refractivity contribution is 5.95. The van der Waals surface area contributed by atoms with Gasteiger partial charge < -0.3 is 9.80 Å². The number of benzene rings is 1. The minimum Gasteiger partial charge on any atom is -0.357 e. The summed E-state index contributed by atoms with van der Waals surface area (Å²) in [5, 5.41) is 0. The Morgan fingerprint density at radius 1 is 1.04 bits per heavy atom. The summed E-state index contributed by atoms with van der Waals surface area (Å²) in [5.41, 5.74) is 2.04. The lowest BCUT2D eigenvalue weighted by Gasteiger charge is -2.27. The highest BCUT2D eigenvalue weighted by Crippen LogP contribution is 2.27. The van der Waals surface area contributed by atoms with Crippen LogP contribution in [0.1, 0.15) is 31.4 Å². The van der Waals surface area contributed by atoms with Crippen LogP contribution >= 0.6 is 0 Å². The molecule has 1 aromatic carbocycles. The molecule has 4 rings (SSSR count). The molecule has 2 fully saturated rings. The van der Waals surface area contributed by atoms with E-state index in [1.807, 2.05) is 35.2 Å². The molecule has 2 aromatic rings. The van der Waals surface area contributed by atoms with Crippen LogP contribution < -0.4 is 9.80 Å². The molecule has 5 heteroatoms. The molecule has 0 radical (unpaired) electrons. The number of amides is 1. The van der Waals surface area contributed by atoms with Gasteiger partial charge in [-0.05, 0) is 43.7 Å². The Hall–Kier alpha value is -2.43. The van der Waals surface area contributed by atoms with Crippen molar-refractivity contribution in [2.75, 3.05) is 29.4 Å². The van der Waals surface area contributed by atoms with E-state index in [0.717, 1.165) is 43.3 Å². The lowest BCUT2D eigenvalue weighted by atomic mass is 10.0. The first-order valence-electron chi connectivity index (χ1n) is 9.21. The number of nitrogens with zero attached hydrogens (tertiary/aromatic N) is 4. The van der Waals surface area contributed by atoms with E-state index in [0.29, 0.717) is 12.3 Å². The van der Waals surface area contributed by atoms with E-state index in [1.54, 1.807) is 6.33 Å². The average Bonchev–Trinajstić information content (AvgIpc) is 3.03. The molecular weight excluding hydrogens is 312 g/mol. The number of hydrogen-bond donors (Lipinski definition) is 0. The van der Waals surface area contributed by atoms with Crippen LogP contribution in [-0.4, -0.2) is 35.5 Å². The fraction of sp³-hybridized carbons (Fsp3) is 0.450. The Morgan fingerprint density at radius 2 is 1.84 bits per heavy atom. The summed E-state index contributed by atoms with van der Waals surface area (Å²) >= 11 is 0. The quantitative estimate of drug-likeness (QED) is 0.861. The lowest BCUT2D eigenvalue weighted by molar-refractivity contribution is -0.117. The molecule has 0 spiro atoms. The maximum Gasteiger partial charge on any atom is 0.227 e. The molecule has 0 N–H and O–H groups in total. The van der Waals surface area contributed by atoms with Crippen LogP contribution in [0.25, 0.3) is 0 Å². The molecule has 25 heavy (non-hydrogen) atoms. The molecule has 5 nitrogen and oxygen atoms in total. The van der Waals surface area contributed by atoms with Gasteiger partial charge in [-0.1, -0.05) is 18.2 Å². The van der Waals surface area contributed by atoms with Crippen LogP contribution in [0.5, 0.6) is 0 Å². The normalized spacial score (nSPS) is 21.0. The summed E-state index contributed by atoms with van der Waals surface area (Å²) in [6.45, 7) is 2.94. The molecule has 1 amide bonds. The topological polar surface area (TPSA) is 49.3 Å². The van der Waals surface area contributed by atoms with Crippen molar-refractivity contribution in [3.8, 4) is 0 Å². The van der Waals surface area contributed by atoms with Gasteiger partial charge in [-0.3, -0.25) is 4.79 Å². The monoisotopic (exact) mass is 336 g/mol. The zero-order chi connectivity index (χ0) is 17.1. The van der Waals surface area contributed by atoms with E-state index >= 15 is 0 Å². The summed E-state index contributed by atoms with van der Waals surface area (Å²) < 4.78 is 0. The molecule has 1 aromatic heterocycles. The molecule has 2 aliphatic heterocycles. The second kappa shape index (κ2) is 7.21. The van der Waals surface area contributed by atoms with Gasteiger partial charge in [0.1, 0.15) is 12.1 Å². The number of para-hydroxylation sites is 1. The first kappa shape index (κ1) is 16.1. The van der Waals surface area contributed by atoms with Crippen molar-refractivity contribution >= 4 is 17.4 Å². The van der Waals surface area contributed by atoms with E-state index in [-0.39, 0.29) is 5.91 Å². The second-order valence-corrected chi connectivity index (χ2v) is 7.03. The number of hydrogen-bond acceptors (Lipinski definition) is 4. The number of carbonyl (C=O) groups is 1. The van der Waals surface area contributed by atoms with Gasteiger partial charge >= 0.3 is 0 Å². The van der Waals surface area contributed by atoms with E-state index in [9.17, 15) is 4.79 Å². The molecule has 0 saturated carbocycles. The van der Waals surface area contributed by atoms with Crippen molar-refractivity contribution in [2.45, 2.75) is 32.1 Å². The van der Waals surface area contributed by atoms with Gasteiger partial charge in [-0.15, -0.1) is 0 Å². The van der Waals surface area contributed by atoms with Gasteiger partial charge in [0, 0.05) is 43.5 Å². The maximum absolute atomic E-state index is 12.4. The highest BCUT2D eigenvalue weighted by atomic mass is 16.2. The van der Waals surface area contributed by atoms with Crippen molar-refractivity contribution in [3.05, 3.63) is 48.4 Å². The van der Waals surface area contributed by atoms with Crippen molar-refractivity contribution in [1.82, 2.24) is 9.97 Å². The van der Waals surface area contributed by atoms with Gasteiger partial charge in [-0.25, -0.2) is 9.97 Å². The Morgan fingerprint density at radius 3 is 2.64 bits per heavy atom. The zero-order valence-electron chi connectivity index (χ0n) is 14.5. The fourth-order valence-corrected chi connectivity index (χ4v) is 3.86. The van der Waals surface area contributed by atoms with Gasteiger partial charge in [0.2, 0.25) is 5.91 Å². The van der Waals surface area contributed by atoms with E-state index in [1.165, 1.54) is 19.3 Å². The average molecular weight is 336 g/mol. The minimum atomic E-state index is 0.210. The van der Waals surface area contributed by atoms with Gasteiger partial charge in [0.15, 0.2) is 0 Å². The van der Waals surface area contributed by atoms with Crippen molar-refractivity contribution < 1.29 is 4.79 Å². The van der Waals surface area contributed by atoms with E-state index in [2.05, 4.69) is 20.9 Å². The van der Waals surface area contributed by atoms with Gasteiger partial charge in [0.05, 0.1) is 0 Å². The van der Waals surface area contributed by atoms with Crippen LogP contribution in [0.4, 0.5) is 11.5 Å². The zero-order valence-corrected chi connectivity index (χ0v) is 14.5. The molecule has 130 valence electrons. The number of piperidine rings is 1. The Bertz CT molecular complexity index is 727. The third-order valence-electron chi connectivity index (χ3n) is 5.16. The molecular formula is C20H24N4O. The predicted octanol–water partition coefficient (Wildman–Crippen LogP) is 3.06.